The molecule has 0 bridgehead atoms. The van der Waals surface area contributed by atoms with E-state index in [1.807, 2.05) is 30.3 Å². The predicted molar refractivity (Wildman–Crippen MR) is 131 cm³/mol. The fourth-order valence-corrected chi connectivity index (χ4v) is 3.67. The van der Waals surface area contributed by atoms with Crippen LogP contribution in [0.25, 0.3) is 28.2 Å². The van der Waals surface area contributed by atoms with Crippen molar-refractivity contribution in [1.29, 1.82) is 0 Å². The van der Waals surface area contributed by atoms with Gasteiger partial charge in [0.15, 0.2) is 0 Å². The van der Waals surface area contributed by atoms with Gasteiger partial charge in [-0.15, -0.1) is 0 Å². The number of para-hydroxylation sites is 2. The van der Waals surface area contributed by atoms with E-state index in [4.69, 9.17) is 4.98 Å². The molecule has 0 fully saturated rings. The lowest BCUT2D eigenvalue weighted by Crippen LogP contribution is -2.07. The standard InChI is InChI=1S/C29H22N2/c1-4-10-24(11-5-1)28-19-18-25-17-16-23(22-29(25)30-28)20-21-31(26-12-6-2-7-13-26)27-14-8-3-9-15-27/h1-22H/b21-20+. The third-order valence-electron chi connectivity index (χ3n) is 5.27. The molecule has 0 saturated carbocycles. The minimum Gasteiger partial charge on any atom is -0.317 e. The monoisotopic (exact) mass is 398 g/mol. The molecule has 0 unspecified atom stereocenters. The van der Waals surface area contributed by atoms with Crippen molar-refractivity contribution in [2.45, 2.75) is 0 Å². The molecule has 0 spiro atoms. The van der Waals surface area contributed by atoms with Crippen LogP contribution in [0.4, 0.5) is 11.4 Å². The number of anilines is 2. The van der Waals surface area contributed by atoms with Crippen LogP contribution in [0.3, 0.4) is 0 Å². The molecule has 5 rings (SSSR count). The van der Waals surface area contributed by atoms with Crippen molar-refractivity contribution in [3.63, 3.8) is 0 Å². The molecule has 4 aromatic carbocycles. The molecule has 0 aliphatic carbocycles. The zero-order valence-electron chi connectivity index (χ0n) is 17.1. The van der Waals surface area contributed by atoms with Crippen LogP contribution in [0.5, 0.6) is 0 Å². The molecule has 2 heteroatoms. The Hall–Kier alpha value is -4.17. The second kappa shape index (κ2) is 8.68. The summed E-state index contributed by atoms with van der Waals surface area (Å²) in [5, 5.41) is 1.14. The lowest BCUT2D eigenvalue weighted by Gasteiger charge is -2.20. The number of fused-ring (bicyclic) bond motifs is 1. The number of rotatable bonds is 5. The Morgan fingerprint density at radius 1 is 0.581 bits per heavy atom. The summed E-state index contributed by atoms with van der Waals surface area (Å²) in [4.78, 5) is 7.09. The van der Waals surface area contributed by atoms with E-state index in [9.17, 15) is 0 Å². The Balaban J connectivity index is 1.50. The van der Waals surface area contributed by atoms with Gasteiger partial charge in [-0.2, -0.15) is 0 Å². The van der Waals surface area contributed by atoms with Crippen molar-refractivity contribution < 1.29 is 0 Å². The van der Waals surface area contributed by atoms with Crippen LogP contribution in [0.15, 0.2) is 128 Å². The second-order valence-electron chi connectivity index (χ2n) is 7.37. The van der Waals surface area contributed by atoms with Gasteiger partial charge in [-0.25, -0.2) is 4.98 Å². The second-order valence-corrected chi connectivity index (χ2v) is 7.37. The average Bonchev–Trinajstić information content (AvgIpc) is 2.85. The van der Waals surface area contributed by atoms with Gasteiger partial charge in [0, 0.05) is 28.5 Å². The van der Waals surface area contributed by atoms with Gasteiger partial charge in [0.05, 0.1) is 11.2 Å². The number of hydrogen-bond acceptors (Lipinski definition) is 2. The summed E-state index contributed by atoms with van der Waals surface area (Å²) < 4.78 is 0. The smallest absolute Gasteiger partial charge is 0.0715 e. The summed E-state index contributed by atoms with van der Waals surface area (Å²) in [6, 6.07) is 41.7. The van der Waals surface area contributed by atoms with E-state index in [0.29, 0.717) is 0 Å². The molecular formula is C29H22N2. The predicted octanol–water partition coefficient (Wildman–Crippen LogP) is 7.71. The first-order valence-corrected chi connectivity index (χ1v) is 10.4. The van der Waals surface area contributed by atoms with Crippen molar-refractivity contribution in [2.24, 2.45) is 0 Å². The first-order chi connectivity index (χ1) is 15.4. The van der Waals surface area contributed by atoms with Crippen molar-refractivity contribution in [3.05, 3.63) is 133 Å². The van der Waals surface area contributed by atoms with Gasteiger partial charge < -0.3 is 4.90 Å². The van der Waals surface area contributed by atoms with Crippen LogP contribution in [-0.2, 0) is 0 Å². The average molecular weight is 399 g/mol. The van der Waals surface area contributed by atoms with Crippen molar-refractivity contribution >= 4 is 28.4 Å². The van der Waals surface area contributed by atoms with Gasteiger partial charge in [0.1, 0.15) is 0 Å². The minimum absolute atomic E-state index is 0.990. The van der Waals surface area contributed by atoms with Crippen LogP contribution < -0.4 is 4.90 Å². The number of nitrogens with zero attached hydrogens (tertiary/aromatic N) is 2. The van der Waals surface area contributed by atoms with Crippen LogP contribution in [0.1, 0.15) is 5.56 Å². The van der Waals surface area contributed by atoms with Gasteiger partial charge in [-0.3, -0.25) is 0 Å². The molecule has 0 aliphatic rings. The number of hydrogen-bond donors (Lipinski definition) is 0. The maximum atomic E-state index is 4.90. The third kappa shape index (κ3) is 4.24. The van der Waals surface area contributed by atoms with E-state index in [-0.39, 0.29) is 0 Å². The quantitative estimate of drug-likeness (QED) is 0.301. The molecule has 0 saturated heterocycles. The lowest BCUT2D eigenvalue weighted by atomic mass is 10.1. The van der Waals surface area contributed by atoms with Gasteiger partial charge >= 0.3 is 0 Å². The van der Waals surface area contributed by atoms with Crippen molar-refractivity contribution in [2.75, 3.05) is 4.90 Å². The highest BCUT2D eigenvalue weighted by atomic mass is 15.1. The molecule has 0 radical (unpaired) electrons. The minimum atomic E-state index is 0.990. The molecule has 1 heterocycles. The topological polar surface area (TPSA) is 16.1 Å². The summed E-state index contributed by atoms with van der Waals surface area (Å²) >= 11 is 0. The Kier molecular flexibility index (Phi) is 5.27. The summed E-state index contributed by atoms with van der Waals surface area (Å²) in [5.74, 6) is 0. The number of benzene rings is 4. The Bertz CT molecular complexity index is 1270. The molecule has 31 heavy (non-hydrogen) atoms. The summed E-state index contributed by atoms with van der Waals surface area (Å²) in [7, 11) is 0. The summed E-state index contributed by atoms with van der Waals surface area (Å²) in [6.07, 6.45) is 4.25. The Labute approximate surface area is 182 Å². The van der Waals surface area contributed by atoms with Crippen molar-refractivity contribution in [1.82, 2.24) is 4.98 Å². The Morgan fingerprint density at radius 3 is 1.81 bits per heavy atom. The van der Waals surface area contributed by atoms with Gasteiger partial charge in [-0.1, -0.05) is 84.9 Å². The highest BCUT2D eigenvalue weighted by Crippen LogP contribution is 2.27. The van der Waals surface area contributed by atoms with E-state index < -0.39 is 0 Å². The van der Waals surface area contributed by atoms with Gasteiger partial charge in [0.2, 0.25) is 0 Å². The third-order valence-corrected chi connectivity index (χ3v) is 5.27. The fraction of sp³-hybridized carbons (Fsp3) is 0. The molecule has 2 nitrogen and oxygen atoms in total. The summed E-state index contributed by atoms with van der Waals surface area (Å²) in [5.41, 5.74) is 6.47. The van der Waals surface area contributed by atoms with Crippen molar-refractivity contribution in [3.8, 4) is 11.3 Å². The van der Waals surface area contributed by atoms with E-state index >= 15 is 0 Å². The summed E-state index contributed by atoms with van der Waals surface area (Å²) in [6.45, 7) is 0. The van der Waals surface area contributed by atoms with Crippen LogP contribution in [0.2, 0.25) is 0 Å². The molecule has 5 aromatic rings. The first-order valence-electron chi connectivity index (χ1n) is 10.4. The van der Waals surface area contributed by atoms with E-state index in [1.54, 1.807) is 0 Å². The molecule has 148 valence electrons. The highest BCUT2D eigenvalue weighted by Gasteiger charge is 2.06. The first kappa shape index (κ1) is 18.8. The Morgan fingerprint density at radius 2 is 1.16 bits per heavy atom. The molecule has 1 aromatic heterocycles. The molecule has 0 atom stereocenters. The maximum Gasteiger partial charge on any atom is 0.0715 e. The molecule has 0 N–H and O–H groups in total. The number of pyridine rings is 1. The maximum absolute atomic E-state index is 4.90. The fourth-order valence-electron chi connectivity index (χ4n) is 3.67. The molecular weight excluding hydrogens is 376 g/mol. The van der Waals surface area contributed by atoms with Gasteiger partial charge in [0.25, 0.3) is 0 Å². The largest absolute Gasteiger partial charge is 0.317 e. The van der Waals surface area contributed by atoms with Gasteiger partial charge in [-0.05, 0) is 48.0 Å². The molecule has 0 amide bonds. The van der Waals surface area contributed by atoms with Crippen LogP contribution >= 0.6 is 0 Å². The lowest BCUT2D eigenvalue weighted by molar-refractivity contribution is 1.29. The van der Waals surface area contributed by atoms with Crippen LogP contribution in [-0.4, -0.2) is 4.98 Å². The molecule has 0 aliphatic heterocycles. The van der Waals surface area contributed by atoms with E-state index in [0.717, 1.165) is 39.1 Å². The van der Waals surface area contributed by atoms with E-state index in [2.05, 4.69) is 108 Å². The zero-order chi connectivity index (χ0) is 20.9. The SMILES string of the molecule is C(=C\N(c1ccccc1)c1ccccc1)/c1ccc2ccc(-c3ccccc3)nc2c1. The highest BCUT2D eigenvalue weighted by molar-refractivity contribution is 5.84. The number of aromatic nitrogens is 1. The van der Waals surface area contributed by atoms with Crippen LogP contribution in [0, 0.1) is 0 Å². The van der Waals surface area contributed by atoms with E-state index in [1.165, 1.54) is 0 Å². The normalized spacial score (nSPS) is 11.1. The zero-order valence-corrected chi connectivity index (χ0v) is 17.1.